The van der Waals surface area contributed by atoms with Gasteiger partial charge in [-0.05, 0) is 55.7 Å². The maximum absolute atomic E-state index is 13.3. The Bertz CT molecular complexity index is 1490. The summed E-state index contributed by atoms with van der Waals surface area (Å²) in [5, 5.41) is 8.79. The number of benzene rings is 1. The third-order valence-electron chi connectivity index (χ3n) is 7.62. The lowest BCUT2D eigenvalue weighted by Crippen LogP contribution is -2.44. The van der Waals surface area contributed by atoms with E-state index in [2.05, 4.69) is 59.1 Å². The quantitative estimate of drug-likeness (QED) is 0.314. The molecule has 1 aliphatic rings. The first-order chi connectivity index (χ1) is 17.9. The molecule has 4 aromatic rings. The average Bonchev–Trinajstić information content (AvgIpc) is 3.56. The highest BCUT2D eigenvalue weighted by atomic mass is 28.4. The standard InChI is InChI=1S/C28H36N6O3Si/c1-18-12-19(8-10-29-18)27-31-24(17-36-27)26(35)30-23-13-20-15-33(5)32-22(20)14-25(23)34-11-9-21(16-34)37-38(6,7)28(2,3)4/h8,10,12-15,17,21H,9,11,16H2,1-7H3,(H,30,35)/t21-/m1/s1. The minimum atomic E-state index is -1.89. The predicted molar refractivity (Wildman–Crippen MR) is 152 cm³/mol. The van der Waals surface area contributed by atoms with E-state index >= 15 is 0 Å². The van der Waals surface area contributed by atoms with Crippen molar-refractivity contribution in [2.24, 2.45) is 7.05 Å². The summed E-state index contributed by atoms with van der Waals surface area (Å²) >= 11 is 0. The van der Waals surface area contributed by atoms with Crippen LogP contribution in [0.1, 0.15) is 43.4 Å². The number of nitrogens with zero attached hydrogens (tertiary/aromatic N) is 5. The number of rotatable bonds is 6. The number of oxazole rings is 1. The van der Waals surface area contributed by atoms with E-state index in [1.54, 1.807) is 10.9 Å². The fourth-order valence-corrected chi connectivity index (χ4v) is 5.94. The summed E-state index contributed by atoms with van der Waals surface area (Å²) in [4.78, 5) is 24.2. The van der Waals surface area contributed by atoms with Gasteiger partial charge in [-0.15, -0.1) is 0 Å². The van der Waals surface area contributed by atoms with E-state index in [9.17, 15) is 4.79 Å². The molecule has 1 atom stereocenters. The topological polar surface area (TPSA) is 98.3 Å². The molecular formula is C28H36N6O3Si. The van der Waals surface area contributed by atoms with Gasteiger partial charge < -0.3 is 19.1 Å². The number of amides is 1. The second kappa shape index (κ2) is 9.67. The second-order valence-electron chi connectivity index (χ2n) is 11.6. The molecule has 0 unspecified atom stereocenters. The molecule has 1 fully saturated rings. The molecule has 38 heavy (non-hydrogen) atoms. The van der Waals surface area contributed by atoms with Gasteiger partial charge in [-0.2, -0.15) is 5.10 Å². The number of hydrogen-bond acceptors (Lipinski definition) is 7. The largest absolute Gasteiger partial charge is 0.444 e. The minimum absolute atomic E-state index is 0.151. The number of nitrogens with one attached hydrogen (secondary N) is 1. The van der Waals surface area contributed by atoms with Crippen LogP contribution in [0.5, 0.6) is 0 Å². The van der Waals surface area contributed by atoms with Crippen molar-refractivity contribution < 1.29 is 13.6 Å². The highest BCUT2D eigenvalue weighted by Gasteiger charge is 2.40. The number of aromatic nitrogens is 4. The Hall–Kier alpha value is -3.50. The molecule has 1 aromatic carbocycles. The molecular weight excluding hydrogens is 496 g/mol. The Morgan fingerprint density at radius 1 is 1.24 bits per heavy atom. The zero-order chi connectivity index (χ0) is 27.2. The Morgan fingerprint density at radius 3 is 2.76 bits per heavy atom. The summed E-state index contributed by atoms with van der Waals surface area (Å²) in [5.41, 5.74) is 4.37. The molecule has 10 heteroatoms. The summed E-state index contributed by atoms with van der Waals surface area (Å²) in [6.45, 7) is 14.9. The molecule has 0 aliphatic carbocycles. The monoisotopic (exact) mass is 532 g/mol. The zero-order valence-electron chi connectivity index (χ0n) is 23.2. The first kappa shape index (κ1) is 26.1. The van der Waals surface area contributed by atoms with Gasteiger partial charge in [0.1, 0.15) is 6.26 Å². The molecule has 1 amide bonds. The highest BCUT2D eigenvalue weighted by Crippen LogP contribution is 2.40. The van der Waals surface area contributed by atoms with Crippen LogP contribution in [0.4, 0.5) is 11.4 Å². The molecule has 5 rings (SSSR count). The highest BCUT2D eigenvalue weighted by molar-refractivity contribution is 6.74. The lowest BCUT2D eigenvalue weighted by atomic mass is 10.2. The molecule has 9 nitrogen and oxygen atoms in total. The van der Waals surface area contributed by atoms with E-state index in [-0.39, 0.29) is 22.7 Å². The second-order valence-corrected chi connectivity index (χ2v) is 16.4. The third kappa shape index (κ3) is 5.23. The minimum Gasteiger partial charge on any atom is -0.444 e. The summed E-state index contributed by atoms with van der Waals surface area (Å²) in [7, 11) is 0.00867. The van der Waals surface area contributed by atoms with Gasteiger partial charge in [-0.3, -0.25) is 14.5 Å². The van der Waals surface area contributed by atoms with Crippen molar-refractivity contribution in [3.05, 3.63) is 54.3 Å². The number of carbonyl (C=O) groups is 1. The SMILES string of the molecule is Cc1cc(-c2nc(C(=O)Nc3cc4cn(C)nc4cc3N3CC[C@@H](O[Si](C)(C)C(C)(C)C)C3)co2)ccn1. The molecule has 0 spiro atoms. The van der Waals surface area contributed by atoms with E-state index in [1.807, 2.05) is 44.4 Å². The first-order valence-electron chi connectivity index (χ1n) is 13.0. The number of aryl methyl sites for hydroxylation is 2. The molecule has 0 radical (unpaired) electrons. The van der Waals surface area contributed by atoms with Crippen molar-refractivity contribution in [3.8, 4) is 11.5 Å². The molecule has 4 heterocycles. The van der Waals surface area contributed by atoms with Crippen LogP contribution in [0.3, 0.4) is 0 Å². The van der Waals surface area contributed by atoms with Crippen molar-refractivity contribution in [1.82, 2.24) is 19.7 Å². The Labute approximate surface area is 224 Å². The zero-order valence-corrected chi connectivity index (χ0v) is 24.2. The molecule has 0 saturated carbocycles. The van der Waals surface area contributed by atoms with E-state index in [0.29, 0.717) is 11.6 Å². The van der Waals surface area contributed by atoms with Gasteiger partial charge >= 0.3 is 0 Å². The first-order valence-corrected chi connectivity index (χ1v) is 15.9. The Balaban J connectivity index is 1.40. The Kier molecular flexibility index (Phi) is 6.64. The van der Waals surface area contributed by atoms with Gasteiger partial charge in [0.25, 0.3) is 5.91 Å². The van der Waals surface area contributed by atoms with Crippen molar-refractivity contribution in [3.63, 3.8) is 0 Å². The summed E-state index contributed by atoms with van der Waals surface area (Å²) in [5.74, 6) is 0.0530. The van der Waals surface area contributed by atoms with Crippen molar-refractivity contribution in [1.29, 1.82) is 0 Å². The fraction of sp³-hybridized carbons (Fsp3) is 0.429. The number of pyridine rings is 1. The van der Waals surface area contributed by atoms with E-state index < -0.39 is 8.32 Å². The van der Waals surface area contributed by atoms with E-state index in [0.717, 1.165) is 47.4 Å². The fourth-order valence-electron chi connectivity index (χ4n) is 4.56. The number of fused-ring (bicyclic) bond motifs is 1. The Morgan fingerprint density at radius 2 is 2.03 bits per heavy atom. The van der Waals surface area contributed by atoms with Crippen LogP contribution < -0.4 is 10.2 Å². The van der Waals surface area contributed by atoms with Crippen LogP contribution in [0.15, 0.2) is 47.3 Å². The van der Waals surface area contributed by atoms with Gasteiger partial charge in [0.05, 0.1) is 23.0 Å². The lowest BCUT2D eigenvalue weighted by Gasteiger charge is -2.38. The molecule has 200 valence electrons. The summed E-state index contributed by atoms with van der Waals surface area (Å²) < 4.78 is 14.1. The maximum Gasteiger partial charge on any atom is 0.277 e. The predicted octanol–water partition coefficient (Wildman–Crippen LogP) is 5.78. The number of carbonyl (C=O) groups excluding carboxylic acids is 1. The van der Waals surface area contributed by atoms with Crippen LogP contribution in [0.2, 0.25) is 18.1 Å². The van der Waals surface area contributed by atoms with Crippen LogP contribution >= 0.6 is 0 Å². The summed E-state index contributed by atoms with van der Waals surface area (Å²) in [6, 6.07) is 7.71. The number of anilines is 2. The van der Waals surface area contributed by atoms with Crippen molar-refractivity contribution >= 4 is 36.5 Å². The van der Waals surface area contributed by atoms with Crippen molar-refractivity contribution in [2.75, 3.05) is 23.3 Å². The van der Waals surface area contributed by atoms with E-state index in [1.165, 1.54) is 6.26 Å². The lowest BCUT2D eigenvalue weighted by molar-refractivity contribution is 0.102. The molecule has 0 bridgehead atoms. The maximum atomic E-state index is 13.3. The molecule has 3 aromatic heterocycles. The van der Waals surface area contributed by atoms with Gasteiger partial charge in [0.2, 0.25) is 5.89 Å². The summed E-state index contributed by atoms with van der Waals surface area (Å²) in [6.07, 6.45) is 6.13. The third-order valence-corrected chi connectivity index (χ3v) is 12.2. The van der Waals surface area contributed by atoms with Crippen LogP contribution in [-0.4, -0.2) is 53.2 Å². The van der Waals surface area contributed by atoms with Gasteiger partial charge in [0, 0.05) is 49.2 Å². The van der Waals surface area contributed by atoms with E-state index in [4.69, 9.17) is 8.84 Å². The van der Waals surface area contributed by atoms with Crippen LogP contribution in [0, 0.1) is 6.92 Å². The average molecular weight is 533 g/mol. The molecule has 1 N–H and O–H groups in total. The molecule has 1 saturated heterocycles. The molecule has 1 aliphatic heterocycles. The number of hydrogen-bond donors (Lipinski definition) is 1. The van der Waals surface area contributed by atoms with Crippen LogP contribution in [-0.2, 0) is 11.5 Å². The van der Waals surface area contributed by atoms with Crippen molar-refractivity contribution in [2.45, 2.75) is 58.4 Å². The van der Waals surface area contributed by atoms with Gasteiger partial charge in [-0.25, -0.2) is 4.98 Å². The van der Waals surface area contributed by atoms with Crippen LogP contribution in [0.25, 0.3) is 22.4 Å². The normalized spacial score (nSPS) is 16.4. The van der Waals surface area contributed by atoms with Gasteiger partial charge in [0.15, 0.2) is 14.0 Å². The smallest absolute Gasteiger partial charge is 0.277 e. The van der Waals surface area contributed by atoms with Gasteiger partial charge in [-0.1, -0.05) is 20.8 Å².